The van der Waals surface area contributed by atoms with E-state index in [1.54, 1.807) is 12.4 Å². The molecule has 1 N–H and O–H groups in total. The highest BCUT2D eigenvalue weighted by atomic mass is 35.5. The largest absolute Gasteiger partial charge is 0.324 e. The van der Waals surface area contributed by atoms with E-state index >= 15 is 0 Å². The number of carbonyl (C=O) groups is 1. The van der Waals surface area contributed by atoms with Crippen LogP contribution < -0.4 is 5.32 Å². The number of rotatable bonds is 5. The molecule has 3 aromatic rings. The Morgan fingerprint density at radius 1 is 1.25 bits per heavy atom. The molecule has 0 saturated heterocycles. The minimum Gasteiger partial charge on any atom is -0.324 e. The Labute approximate surface area is 149 Å². The molecule has 0 unspecified atom stereocenters. The summed E-state index contributed by atoms with van der Waals surface area (Å²) in [5, 5.41) is 12.0. The molecule has 0 saturated carbocycles. The lowest BCUT2D eigenvalue weighted by Gasteiger charge is -2.08. The summed E-state index contributed by atoms with van der Waals surface area (Å²) in [6, 6.07) is 15.3. The molecule has 0 aliphatic heterocycles. The first-order chi connectivity index (χ1) is 11.6. The Kier molecular flexibility index (Phi) is 5.17. The van der Waals surface area contributed by atoms with E-state index in [0.29, 0.717) is 15.9 Å². The number of para-hydroxylation sites is 1. The minimum absolute atomic E-state index is 0.145. The van der Waals surface area contributed by atoms with Gasteiger partial charge in [0.15, 0.2) is 5.16 Å². The highest BCUT2D eigenvalue weighted by Gasteiger charge is 2.11. The lowest BCUT2D eigenvalue weighted by molar-refractivity contribution is -0.113. The van der Waals surface area contributed by atoms with Gasteiger partial charge in [0.05, 0.1) is 16.5 Å². The molecule has 0 spiro atoms. The van der Waals surface area contributed by atoms with E-state index in [9.17, 15) is 4.79 Å². The number of anilines is 1. The van der Waals surface area contributed by atoms with E-state index in [4.69, 9.17) is 11.6 Å². The summed E-state index contributed by atoms with van der Waals surface area (Å²) in [6.45, 7) is 1.95. The van der Waals surface area contributed by atoms with Crippen molar-refractivity contribution >= 4 is 35.0 Å². The maximum Gasteiger partial charge on any atom is 0.234 e. The van der Waals surface area contributed by atoms with Crippen LogP contribution in [0.25, 0.3) is 5.69 Å². The molecule has 0 aliphatic rings. The van der Waals surface area contributed by atoms with Crippen molar-refractivity contribution in [3.63, 3.8) is 0 Å². The van der Waals surface area contributed by atoms with E-state index in [2.05, 4.69) is 15.5 Å². The van der Waals surface area contributed by atoms with Crippen molar-refractivity contribution in [3.05, 3.63) is 65.4 Å². The Balaban J connectivity index is 1.64. The first kappa shape index (κ1) is 16.5. The fraction of sp³-hybridized carbons (Fsp3) is 0.118. The molecule has 0 atom stereocenters. The van der Waals surface area contributed by atoms with Gasteiger partial charge in [-0.2, -0.15) is 0 Å². The number of aryl methyl sites for hydroxylation is 1. The van der Waals surface area contributed by atoms with Crippen molar-refractivity contribution in [2.75, 3.05) is 11.1 Å². The van der Waals surface area contributed by atoms with E-state index in [-0.39, 0.29) is 11.7 Å². The zero-order chi connectivity index (χ0) is 16.9. The fourth-order valence-electron chi connectivity index (χ4n) is 2.13. The molecule has 0 fully saturated rings. The summed E-state index contributed by atoms with van der Waals surface area (Å²) < 4.78 is 1.84. The van der Waals surface area contributed by atoms with E-state index in [1.807, 2.05) is 54.0 Å². The van der Waals surface area contributed by atoms with Gasteiger partial charge in [-0.3, -0.25) is 9.36 Å². The highest BCUT2D eigenvalue weighted by Crippen LogP contribution is 2.24. The lowest BCUT2D eigenvalue weighted by Crippen LogP contribution is -2.14. The summed E-state index contributed by atoms with van der Waals surface area (Å²) in [7, 11) is 0. The molecular formula is C17H15ClN4OS. The molecular weight excluding hydrogens is 344 g/mol. The number of hydrogen-bond acceptors (Lipinski definition) is 4. The third kappa shape index (κ3) is 3.96. The van der Waals surface area contributed by atoms with Crippen molar-refractivity contribution in [3.8, 4) is 5.69 Å². The molecule has 7 heteroatoms. The topological polar surface area (TPSA) is 59.8 Å². The van der Waals surface area contributed by atoms with Gasteiger partial charge in [0.1, 0.15) is 6.33 Å². The maximum absolute atomic E-state index is 12.1. The van der Waals surface area contributed by atoms with Crippen LogP contribution in [0.15, 0.2) is 60.0 Å². The van der Waals surface area contributed by atoms with Crippen molar-refractivity contribution in [2.24, 2.45) is 0 Å². The highest BCUT2D eigenvalue weighted by molar-refractivity contribution is 7.99. The number of benzene rings is 2. The number of thioether (sulfide) groups is 1. The van der Waals surface area contributed by atoms with Gasteiger partial charge in [-0.05, 0) is 36.8 Å². The molecule has 0 aliphatic carbocycles. The number of halogens is 1. The van der Waals surface area contributed by atoms with Gasteiger partial charge in [-0.15, -0.1) is 10.2 Å². The van der Waals surface area contributed by atoms with Gasteiger partial charge < -0.3 is 5.32 Å². The van der Waals surface area contributed by atoms with Crippen LogP contribution >= 0.6 is 23.4 Å². The molecule has 24 heavy (non-hydrogen) atoms. The SMILES string of the molecule is Cc1ccc(NC(=O)CSc2nncn2-c2ccccc2)c(Cl)c1. The zero-order valence-electron chi connectivity index (χ0n) is 12.9. The molecule has 2 aromatic carbocycles. The normalized spacial score (nSPS) is 10.6. The second-order valence-corrected chi connectivity index (χ2v) is 6.49. The predicted molar refractivity (Wildman–Crippen MR) is 96.9 cm³/mol. The number of carbonyl (C=O) groups excluding carboxylic acids is 1. The first-order valence-electron chi connectivity index (χ1n) is 7.28. The Bertz CT molecular complexity index is 851. The van der Waals surface area contributed by atoms with Crippen molar-refractivity contribution < 1.29 is 4.79 Å². The van der Waals surface area contributed by atoms with Crippen molar-refractivity contribution in [1.82, 2.24) is 14.8 Å². The smallest absolute Gasteiger partial charge is 0.234 e. The molecule has 1 amide bonds. The molecule has 5 nitrogen and oxygen atoms in total. The third-order valence-electron chi connectivity index (χ3n) is 3.28. The van der Waals surface area contributed by atoms with Crippen LogP contribution in [0.3, 0.4) is 0 Å². The number of aromatic nitrogens is 3. The van der Waals surface area contributed by atoms with Gasteiger partial charge in [-0.1, -0.05) is 47.6 Å². The third-order valence-corrected chi connectivity index (χ3v) is 4.54. The van der Waals surface area contributed by atoms with Gasteiger partial charge in [0.2, 0.25) is 5.91 Å². The van der Waals surface area contributed by atoms with Crippen LogP contribution in [-0.2, 0) is 4.79 Å². The van der Waals surface area contributed by atoms with Crippen LogP contribution in [-0.4, -0.2) is 26.4 Å². The van der Waals surface area contributed by atoms with Gasteiger partial charge in [0.25, 0.3) is 0 Å². The molecule has 0 radical (unpaired) electrons. The van der Waals surface area contributed by atoms with E-state index in [0.717, 1.165) is 11.3 Å². The summed E-state index contributed by atoms with van der Waals surface area (Å²) in [6.07, 6.45) is 1.63. The lowest BCUT2D eigenvalue weighted by atomic mass is 10.2. The zero-order valence-corrected chi connectivity index (χ0v) is 14.5. The molecule has 122 valence electrons. The predicted octanol–water partition coefficient (Wildman–Crippen LogP) is 3.96. The molecule has 1 aromatic heterocycles. The van der Waals surface area contributed by atoms with Crippen molar-refractivity contribution in [2.45, 2.75) is 12.1 Å². The Morgan fingerprint density at radius 2 is 2.04 bits per heavy atom. The van der Waals surface area contributed by atoms with E-state index in [1.165, 1.54) is 11.8 Å². The van der Waals surface area contributed by atoms with Gasteiger partial charge in [0, 0.05) is 5.69 Å². The number of nitrogens with zero attached hydrogens (tertiary/aromatic N) is 3. The second kappa shape index (κ2) is 7.51. The summed E-state index contributed by atoms with van der Waals surface area (Å²) in [5.74, 6) is 0.0730. The van der Waals surface area contributed by atoms with Crippen LogP contribution in [0, 0.1) is 6.92 Å². The Hall–Kier alpha value is -2.31. The average molecular weight is 359 g/mol. The molecule has 3 rings (SSSR count). The summed E-state index contributed by atoms with van der Waals surface area (Å²) >= 11 is 7.45. The maximum atomic E-state index is 12.1. The minimum atomic E-state index is -0.145. The monoisotopic (exact) mass is 358 g/mol. The molecule has 0 bridgehead atoms. The van der Waals surface area contributed by atoms with Crippen LogP contribution in [0.1, 0.15) is 5.56 Å². The quantitative estimate of drug-likeness (QED) is 0.701. The van der Waals surface area contributed by atoms with Crippen LogP contribution in [0.2, 0.25) is 5.02 Å². The van der Waals surface area contributed by atoms with E-state index < -0.39 is 0 Å². The standard InChI is InChI=1S/C17H15ClN4OS/c1-12-7-8-15(14(18)9-12)20-16(23)10-24-17-21-19-11-22(17)13-5-3-2-4-6-13/h2-9,11H,10H2,1H3,(H,20,23). The van der Waals surface area contributed by atoms with Crippen LogP contribution in [0.4, 0.5) is 5.69 Å². The first-order valence-corrected chi connectivity index (χ1v) is 8.64. The summed E-state index contributed by atoms with van der Waals surface area (Å²) in [5.41, 5.74) is 2.60. The number of nitrogens with one attached hydrogen (secondary N) is 1. The van der Waals surface area contributed by atoms with Crippen molar-refractivity contribution in [1.29, 1.82) is 0 Å². The number of hydrogen-bond donors (Lipinski definition) is 1. The summed E-state index contributed by atoms with van der Waals surface area (Å²) in [4.78, 5) is 12.1. The van der Waals surface area contributed by atoms with Crippen LogP contribution in [0.5, 0.6) is 0 Å². The molecule has 1 heterocycles. The average Bonchev–Trinajstić information content (AvgIpc) is 3.05. The van der Waals surface area contributed by atoms with Gasteiger partial charge >= 0.3 is 0 Å². The Morgan fingerprint density at radius 3 is 2.79 bits per heavy atom. The fourth-order valence-corrected chi connectivity index (χ4v) is 3.14. The second-order valence-electron chi connectivity index (χ2n) is 5.14. The van der Waals surface area contributed by atoms with Gasteiger partial charge in [-0.25, -0.2) is 0 Å². The number of amides is 1.